The SMILES string of the molecule is CNc1nc(N(C)C)nc(N2CCC(CO)C2)n1. The number of aliphatic hydroxyl groups excluding tert-OH is 1. The summed E-state index contributed by atoms with van der Waals surface area (Å²) in [5, 5.41) is 12.1. The van der Waals surface area contributed by atoms with E-state index in [0.29, 0.717) is 23.8 Å². The molecule has 100 valence electrons. The molecular weight excluding hydrogens is 232 g/mol. The highest BCUT2D eigenvalue weighted by molar-refractivity contribution is 5.44. The largest absolute Gasteiger partial charge is 0.396 e. The standard InChI is InChI=1S/C11H20N6O/c1-12-9-13-10(16(2)3)15-11(14-9)17-5-4-8(6-17)7-18/h8,18H,4-7H2,1-3H3,(H,12,13,14,15). The molecule has 1 aromatic rings. The van der Waals surface area contributed by atoms with Crippen LogP contribution >= 0.6 is 0 Å². The van der Waals surface area contributed by atoms with Gasteiger partial charge in [-0.25, -0.2) is 0 Å². The van der Waals surface area contributed by atoms with Crippen molar-refractivity contribution in [2.75, 3.05) is 56.0 Å². The minimum Gasteiger partial charge on any atom is -0.396 e. The van der Waals surface area contributed by atoms with E-state index >= 15 is 0 Å². The van der Waals surface area contributed by atoms with E-state index < -0.39 is 0 Å². The molecule has 1 fully saturated rings. The molecule has 0 spiro atoms. The van der Waals surface area contributed by atoms with Crippen molar-refractivity contribution < 1.29 is 5.11 Å². The smallest absolute Gasteiger partial charge is 0.231 e. The van der Waals surface area contributed by atoms with Crippen molar-refractivity contribution in [3.63, 3.8) is 0 Å². The van der Waals surface area contributed by atoms with Crippen molar-refractivity contribution in [3.8, 4) is 0 Å². The van der Waals surface area contributed by atoms with Gasteiger partial charge in [0.2, 0.25) is 17.8 Å². The number of hydrogen-bond acceptors (Lipinski definition) is 7. The molecule has 2 rings (SSSR count). The Morgan fingerprint density at radius 3 is 2.72 bits per heavy atom. The lowest BCUT2D eigenvalue weighted by molar-refractivity contribution is 0.238. The van der Waals surface area contributed by atoms with E-state index in [-0.39, 0.29) is 6.61 Å². The van der Waals surface area contributed by atoms with Crippen LogP contribution in [0.1, 0.15) is 6.42 Å². The van der Waals surface area contributed by atoms with Crippen LogP contribution in [0.2, 0.25) is 0 Å². The summed E-state index contributed by atoms with van der Waals surface area (Å²) in [6.07, 6.45) is 0.981. The minimum absolute atomic E-state index is 0.223. The average molecular weight is 252 g/mol. The number of nitrogens with one attached hydrogen (secondary N) is 1. The Morgan fingerprint density at radius 2 is 2.17 bits per heavy atom. The maximum atomic E-state index is 9.17. The van der Waals surface area contributed by atoms with Gasteiger partial charge in [-0.15, -0.1) is 0 Å². The summed E-state index contributed by atoms with van der Waals surface area (Å²) in [6, 6.07) is 0. The van der Waals surface area contributed by atoms with Crippen molar-refractivity contribution >= 4 is 17.8 Å². The topological polar surface area (TPSA) is 77.4 Å². The third kappa shape index (κ3) is 2.61. The number of aliphatic hydroxyl groups is 1. The normalized spacial score (nSPS) is 19.1. The first-order valence-electron chi connectivity index (χ1n) is 6.11. The minimum atomic E-state index is 0.223. The van der Waals surface area contributed by atoms with Gasteiger partial charge in [0.05, 0.1) is 0 Å². The zero-order chi connectivity index (χ0) is 13.1. The summed E-state index contributed by atoms with van der Waals surface area (Å²) >= 11 is 0. The van der Waals surface area contributed by atoms with Gasteiger partial charge in [0, 0.05) is 46.8 Å². The molecule has 1 aliphatic rings. The summed E-state index contributed by atoms with van der Waals surface area (Å²) < 4.78 is 0. The van der Waals surface area contributed by atoms with Crippen LogP contribution in [-0.2, 0) is 0 Å². The molecular formula is C11H20N6O. The maximum Gasteiger partial charge on any atom is 0.231 e. The molecule has 18 heavy (non-hydrogen) atoms. The number of hydrogen-bond donors (Lipinski definition) is 2. The molecule has 1 aromatic heterocycles. The monoisotopic (exact) mass is 252 g/mol. The number of rotatable bonds is 4. The second-order valence-electron chi connectivity index (χ2n) is 4.69. The van der Waals surface area contributed by atoms with Crippen LogP contribution in [0, 0.1) is 5.92 Å². The van der Waals surface area contributed by atoms with E-state index in [2.05, 4.69) is 25.2 Å². The van der Waals surface area contributed by atoms with E-state index in [1.807, 2.05) is 19.0 Å². The lowest BCUT2D eigenvalue weighted by Crippen LogP contribution is -2.25. The van der Waals surface area contributed by atoms with E-state index in [4.69, 9.17) is 0 Å². The molecule has 2 heterocycles. The summed E-state index contributed by atoms with van der Waals surface area (Å²) in [7, 11) is 5.59. The number of anilines is 3. The van der Waals surface area contributed by atoms with Crippen molar-refractivity contribution in [1.29, 1.82) is 0 Å². The third-order valence-electron chi connectivity index (χ3n) is 3.06. The second kappa shape index (κ2) is 5.34. The van der Waals surface area contributed by atoms with Gasteiger partial charge in [0.15, 0.2) is 0 Å². The first kappa shape index (κ1) is 12.8. The molecule has 0 radical (unpaired) electrons. The van der Waals surface area contributed by atoms with E-state index in [1.165, 1.54) is 0 Å². The van der Waals surface area contributed by atoms with Crippen LogP contribution in [0.15, 0.2) is 0 Å². The summed E-state index contributed by atoms with van der Waals surface area (Å²) in [5.74, 6) is 2.20. The van der Waals surface area contributed by atoms with Crippen LogP contribution < -0.4 is 15.1 Å². The van der Waals surface area contributed by atoms with E-state index in [1.54, 1.807) is 7.05 Å². The zero-order valence-electron chi connectivity index (χ0n) is 11.1. The first-order valence-corrected chi connectivity index (χ1v) is 6.11. The molecule has 0 bridgehead atoms. The van der Waals surface area contributed by atoms with Crippen molar-refractivity contribution in [2.24, 2.45) is 5.92 Å². The fraction of sp³-hybridized carbons (Fsp3) is 0.727. The lowest BCUT2D eigenvalue weighted by Gasteiger charge is -2.19. The molecule has 2 N–H and O–H groups in total. The van der Waals surface area contributed by atoms with Crippen LogP contribution in [0.4, 0.5) is 17.8 Å². The fourth-order valence-electron chi connectivity index (χ4n) is 1.97. The lowest BCUT2D eigenvalue weighted by atomic mass is 10.1. The highest BCUT2D eigenvalue weighted by Gasteiger charge is 2.24. The van der Waals surface area contributed by atoms with Gasteiger partial charge in [-0.2, -0.15) is 15.0 Å². The maximum absolute atomic E-state index is 9.17. The molecule has 0 aliphatic carbocycles. The van der Waals surface area contributed by atoms with Gasteiger partial charge in [0.25, 0.3) is 0 Å². The fourth-order valence-corrected chi connectivity index (χ4v) is 1.97. The summed E-state index contributed by atoms with van der Waals surface area (Å²) in [4.78, 5) is 17.0. The Kier molecular flexibility index (Phi) is 3.81. The first-order chi connectivity index (χ1) is 8.63. The summed E-state index contributed by atoms with van der Waals surface area (Å²) in [6.45, 7) is 1.91. The zero-order valence-corrected chi connectivity index (χ0v) is 11.1. The van der Waals surface area contributed by atoms with Crippen LogP contribution in [0.5, 0.6) is 0 Å². The van der Waals surface area contributed by atoms with Gasteiger partial charge in [0.1, 0.15) is 0 Å². The van der Waals surface area contributed by atoms with Gasteiger partial charge in [-0.05, 0) is 6.42 Å². The quantitative estimate of drug-likeness (QED) is 0.768. The highest BCUT2D eigenvalue weighted by atomic mass is 16.3. The third-order valence-corrected chi connectivity index (χ3v) is 3.06. The van der Waals surface area contributed by atoms with Gasteiger partial charge in [-0.1, -0.05) is 0 Å². The summed E-state index contributed by atoms with van der Waals surface area (Å²) in [5.41, 5.74) is 0. The molecule has 1 atom stereocenters. The molecule has 0 aromatic carbocycles. The molecule has 0 saturated carbocycles. The van der Waals surface area contributed by atoms with Crippen LogP contribution in [-0.4, -0.2) is 60.9 Å². The predicted molar refractivity (Wildman–Crippen MR) is 71.1 cm³/mol. The van der Waals surface area contributed by atoms with Crippen LogP contribution in [0.25, 0.3) is 0 Å². The Morgan fingerprint density at radius 1 is 1.39 bits per heavy atom. The van der Waals surface area contributed by atoms with Crippen molar-refractivity contribution in [3.05, 3.63) is 0 Å². The molecule has 7 heteroatoms. The molecule has 7 nitrogen and oxygen atoms in total. The van der Waals surface area contributed by atoms with Gasteiger partial charge >= 0.3 is 0 Å². The Balaban J connectivity index is 2.24. The number of nitrogens with zero attached hydrogens (tertiary/aromatic N) is 5. The molecule has 0 amide bonds. The van der Waals surface area contributed by atoms with Gasteiger partial charge in [-0.3, -0.25) is 0 Å². The van der Waals surface area contributed by atoms with E-state index in [9.17, 15) is 5.11 Å². The van der Waals surface area contributed by atoms with E-state index in [0.717, 1.165) is 19.5 Å². The predicted octanol–water partition coefficient (Wildman–Crippen LogP) is -0.202. The highest BCUT2D eigenvalue weighted by Crippen LogP contribution is 2.22. The molecule has 1 aliphatic heterocycles. The van der Waals surface area contributed by atoms with Gasteiger partial charge < -0.3 is 20.2 Å². The Labute approximate surface area is 107 Å². The average Bonchev–Trinajstić information content (AvgIpc) is 2.86. The van der Waals surface area contributed by atoms with Crippen molar-refractivity contribution in [1.82, 2.24) is 15.0 Å². The molecule has 1 saturated heterocycles. The molecule has 1 unspecified atom stereocenters. The Bertz CT molecular complexity index is 411. The Hall–Kier alpha value is -1.63. The van der Waals surface area contributed by atoms with Crippen LogP contribution in [0.3, 0.4) is 0 Å². The second-order valence-corrected chi connectivity index (χ2v) is 4.69. The van der Waals surface area contributed by atoms with Crippen molar-refractivity contribution in [2.45, 2.75) is 6.42 Å². The number of aromatic nitrogens is 3.